The van der Waals surface area contributed by atoms with Crippen LogP contribution in [0.1, 0.15) is 10.4 Å². The third kappa shape index (κ3) is 3.68. The summed E-state index contributed by atoms with van der Waals surface area (Å²) in [6, 6.07) is 9.03. The first-order valence-electron chi connectivity index (χ1n) is 7.68. The number of fused-ring (bicyclic) bond motifs is 1. The van der Waals surface area contributed by atoms with Gasteiger partial charge >= 0.3 is 0 Å². The van der Waals surface area contributed by atoms with Gasteiger partial charge in [-0.25, -0.2) is 12.7 Å². The molecule has 3 rings (SSSR count). The third-order valence-corrected chi connectivity index (χ3v) is 7.65. The normalized spacial score (nSPS) is 12.9. The molecule has 0 N–H and O–H groups in total. The first kappa shape index (κ1) is 20.0. The molecule has 0 aliphatic carbocycles. The monoisotopic (exact) mass is 443 g/mol. The largest absolute Gasteiger partial charge is 0.318 e. The average Bonchev–Trinajstić information content (AvgIpc) is 2.96. The minimum absolute atomic E-state index is 0.107. The van der Waals surface area contributed by atoms with E-state index in [1.807, 2.05) is 0 Å². The van der Waals surface area contributed by atoms with Gasteiger partial charge in [-0.3, -0.25) is 4.79 Å². The Labute approximate surface area is 170 Å². The van der Waals surface area contributed by atoms with E-state index in [1.165, 1.54) is 49.7 Å². The Bertz CT molecular complexity index is 1210. The molecule has 2 aromatic carbocycles. The summed E-state index contributed by atoms with van der Waals surface area (Å²) in [5, 5.41) is 1.04. The highest BCUT2D eigenvalue weighted by molar-refractivity contribution is 7.89. The minimum Gasteiger partial charge on any atom is -0.318 e. The van der Waals surface area contributed by atoms with Crippen LogP contribution in [-0.4, -0.2) is 37.3 Å². The molecule has 27 heavy (non-hydrogen) atoms. The van der Waals surface area contributed by atoms with Crippen LogP contribution in [0.5, 0.6) is 0 Å². The molecule has 0 aliphatic heterocycles. The van der Waals surface area contributed by atoms with E-state index in [1.54, 1.807) is 23.7 Å². The fraction of sp³-hybridized carbons (Fsp3) is 0.176. The van der Waals surface area contributed by atoms with Crippen LogP contribution in [0, 0.1) is 0 Å². The molecule has 0 bridgehead atoms. The summed E-state index contributed by atoms with van der Waals surface area (Å²) >= 11 is 13.7. The summed E-state index contributed by atoms with van der Waals surface area (Å²) in [6.07, 6.45) is 0. The quantitative estimate of drug-likeness (QED) is 0.621. The third-order valence-electron chi connectivity index (χ3n) is 3.93. The standard InChI is InChI=1S/C17H15Cl2N3O3S2/c1-21(2)27(24,25)11-6-4-10(5-7-11)16(23)20-17-22(3)14-12(18)8-9-13(19)15(14)26-17/h4-9H,1-3H3. The molecule has 3 aromatic rings. The number of carbonyl (C=O) groups excluding carboxylic acids is 1. The molecule has 10 heteroatoms. The molecule has 6 nitrogen and oxygen atoms in total. The number of amides is 1. The first-order valence-corrected chi connectivity index (χ1v) is 10.7. The van der Waals surface area contributed by atoms with Crippen LogP contribution < -0.4 is 4.80 Å². The summed E-state index contributed by atoms with van der Waals surface area (Å²) in [4.78, 5) is 17.2. The van der Waals surface area contributed by atoms with Crippen LogP contribution in [0.4, 0.5) is 0 Å². The number of carbonyl (C=O) groups is 1. The maximum atomic E-state index is 12.5. The van der Waals surface area contributed by atoms with E-state index in [2.05, 4.69) is 4.99 Å². The molecule has 0 saturated carbocycles. The molecule has 0 radical (unpaired) electrons. The van der Waals surface area contributed by atoms with Crippen LogP contribution in [0.25, 0.3) is 10.2 Å². The molecule has 142 valence electrons. The molecule has 1 heterocycles. The molecule has 0 aliphatic rings. The number of hydrogen-bond donors (Lipinski definition) is 0. The predicted molar refractivity (Wildman–Crippen MR) is 108 cm³/mol. The van der Waals surface area contributed by atoms with E-state index in [4.69, 9.17) is 23.2 Å². The highest BCUT2D eigenvalue weighted by atomic mass is 35.5. The van der Waals surface area contributed by atoms with Gasteiger partial charge in [0, 0.05) is 26.7 Å². The number of hydrogen-bond acceptors (Lipinski definition) is 4. The van der Waals surface area contributed by atoms with Crippen molar-refractivity contribution in [2.24, 2.45) is 12.0 Å². The van der Waals surface area contributed by atoms with Crippen molar-refractivity contribution in [3.05, 3.63) is 56.8 Å². The van der Waals surface area contributed by atoms with Crippen molar-refractivity contribution < 1.29 is 13.2 Å². The van der Waals surface area contributed by atoms with Crippen molar-refractivity contribution in [2.45, 2.75) is 4.90 Å². The molecule has 0 unspecified atom stereocenters. The van der Waals surface area contributed by atoms with Gasteiger partial charge in [-0.05, 0) is 36.4 Å². The number of rotatable bonds is 3. The maximum Gasteiger partial charge on any atom is 0.279 e. The van der Waals surface area contributed by atoms with Crippen LogP contribution in [0.2, 0.25) is 10.0 Å². The van der Waals surface area contributed by atoms with Gasteiger partial charge in [0.25, 0.3) is 5.91 Å². The van der Waals surface area contributed by atoms with Gasteiger partial charge in [-0.2, -0.15) is 4.99 Å². The molecule has 0 atom stereocenters. The van der Waals surface area contributed by atoms with Crippen molar-refractivity contribution in [1.82, 2.24) is 8.87 Å². The lowest BCUT2D eigenvalue weighted by molar-refractivity contribution is 0.0998. The molecule has 1 amide bonds. The number of halogens is 2. The lowest BCUT2D eigenvalue weighted by atomic mass is 10.2. The van der Waals surface area contributed by atoms with Gasteiger partial charge in [0.1, 0.15) is 0 Å². The molecular formula is C17H15Cl2N3O3S2. The fourth-order valence-electron chi connectivity index (χ4n) is 2.42. The first-order chi connectivity index (χ1) is 12.6. The Morgan fingerprint density at radius 1 is 1.07 bits per heavy atom. The zero-order valence-corrected chi connectivity index (χ0v) is 17.7. The smallest absolute Gasteiger partial charge is 0.279 e. The minimum atomic E-state index is -3.55. The van der Waals surface area contributed by atoms with Gasteiger partial charge < -0.3 is 4.57 Å². The zero-order chi connectivity index (χ0) is 19.9. The van der Waals surface area contributed by atoms with Crippen LogP contribution >= 0.6 is 34.5 Å². The second-order valence-corrected chi connectivity index (χ2v) is 9.82. The Kier molecular flexibility index (Phi) is 5.47. The highest BCUT2D eigenvalue weighted by Gasteiger charge is 2.18. The molecular weight excluding hydrogens is 429 g/mol. The number of aryl methyl sites for hydroxylation is 1. The topological polar surface area (TPSA) is 71.7 Å². The maximum absolute atomic E-state index is 12.5. The van der Waals surface area contributed by atoms with Crippen LogP contribution in [-0.2, 0) is 17.1 Å². The molecule has 0 saturated heterocycles. The number of thiazole rings is 1. The lowest BCUT2D eigenvalue weighted by Crippen LogP contribution is -2.22. The molecule has 0 fully saturated rings. The summed E-state index contributed by atoms with van der Waals surface area (Å²) in [7, 11) is 1.09. The number of nitrogens with zero attached hydrogens (tertiary/aromatic N) is 3. The van der Waals surface area contributed by atoms with E-state index in [9.17, 15) is 13.2 Å². The van der Waals surface area contributed by atoms with Gasteiger partial charge in [0.15, 0.2) is 4.80 Å². The van der Waals surface area contributed by atoms with E-state index < -0.39 is 15.9 Å². The van der Waals surface area contributed by atoms with E-state index in [-0.39, 0.29) is 10.5 Å². The second-order valence-electron chi connectivity index (χ2n) is 5.88. The molecule has 0 spiro atoms. The molecule has 1 aromatic heterocycles. The lowest BCUT2D eigenvalue weighted by Gasteiger charge is -2.11. The van der Waals surface area contributed by atoms with E-state index in [0.29, 0.717) is 20.4 Å². The fourth-order valence-corrected chi connectivity index (χ4v) is 4.98. The number of aromatic nitrogens is 1. The Morgan fingerprint density at radius 2 is 1.67 bits per heavy atom. The van der Waals surface area contributed by atoms with Crippen molar-refractivity contribution >= 4 is 60.7 Å². The zero-order valence-electron chi connectivity index (χ0n) is 14.6. The van der Waals surface area contributed by atoms with Gasteiger partial charge in [-0.1, -0.05) is 34.5 Å². The predicted octanol–water partition coefficient (Wildman–Crippen LogP) is 3.54. The van der Waals surface area contributed by atoms with Crippen molar-refractivity contribution in [3.63, 3.8) is 0 Å². The summed E-state index contributed by atoms with van der Waals surface area (Å²) in [5.41, 5.74) is 0.982. The highest BCUT2D eigenvalue weighted by Crippen LogP contribution is 2.31. The van der Waals surface area contributed by atoms with Crippen molar-refractivity contribution in [3.8, 4) is 0 Å². The number of benzene rings is 2. The SMILES string of the molecule is CN(C)S(=O)(=O)c1ccc(C(=O)N=c2sc3c(Cl)ccc(Cl)c3n2C)cc1. The van der Waals surface area contributed by atoms with E-state index >= 15 is 0 Å². The average molecular weight is 444 g/mol. The van der Waals surface area contributed by atoms with Gasteiger partial charge in [0.2, 0.25) is 10.0 Å². The van der Waals surface area contributed by atoms with Crippen LogP contribution in [0.3, 0.4) is 0 Å². The van der Waals surface area contributed by atoms with Crippen molar-refractivity contribution in [2.75, 3.05) is 14.1 Å². The van der Waals surface area contributed by atoms with E-state index in [0.717, 1.165) is 9.01 Å². The summed E-state index contributed by atoms with van der Waals surface area (Å²) in [6.45, 7) is 0. The summed E-state index contributed by atoms with van der Waals surface area (Å²) < 4.78 is 27.8. The van der Waals surface area contributed by atoms with Gasteiger partial charge in [0.05, 0.1) is 25.2 Å². The second kappa shape index (κ2) is 7.37. The number of sulfonamides is 1. The van der Waals surface area contributed by atoms with Crippen LogP contribution in [0.15, 0.2) is 46.3 Å². The Hall–Kier alpha value is -1.71. The van der Waals surface area contributed by atoms with Gasteiger partial charge in [-0.15, -0.1) is 0 Å². The Morgan fingerprint density at radius 3 is 2.22 bits per heavy atom. The van der Waals surface area contributed by atoms with Crippen molar-refractivity contribution in [1.29, 1.82) is 0 Å². The summed E-state index contributed by atoms with van der Waals surface area (Å²) in [5.74, 6) is -0.488. The Balaban J connectivity index is 2.03.